The van der Waals surface area contributed by atoms with E-state index < -0.39 is 0 Å². The van der Waals surface area contributed by atoms with Crippen molar-refractivity contribution in [3.05, 3.63) is 0 Å². The highest BCUT2D eigenvalue weighted by Crippen LogP contribution is 2.18. The smallest absolute Gasteiger partial charge is 0.314 e. The molecule has 3 N–H and O–H groups in total. The van der Waals surface area contributed by atoms with Crippen molar-refractivity contribution in [2.75, 3.05) is 19.6 Å². The van der Waals surface area contributed by atoms with Crippen molar-refractivity contribution in [1.82, 2.24) is 10.2 Å². The van der Waals surface area contributed by atoms with Gasteiger partial charge in [0.1, 0.15) is 0 Å². The molecule has 0 aliphatic carbocycles. The molecule has 3 unspecified atom stereocenters. The number of hydrogen-bond donors (Lipinski definition) is 2. The van der Waals surface area contributed by atoms with Crippen LogP contribution in [0, 0.1) is 0 Å². The van der Waals surface area contributed by atoms with E-state index in [-0.39, 0.29) is 24.3 Å². The van der Waals surface area contributed by atoms with E-state index in [1.54, 1.807) is 4.90 Å². The molecule has 0 aromatic carbocycles. The number of nitrogens with two attached hydrogens (primary N) is 1. The number of nitrogens with zero attached hydrogens (tertiary/aromatic N) is 1. The second-order valence-electron chi connectivity index (χ2n) is 3.74. The van der Waals surface area contributed by atoms with Crippen LogP contribution in [0.4, 0.5) is 4.79 Å². The molecule has 2 aliphatic heterocycles. The van der Waals surface area contributed by atoms with Gasteiger partial charge in [0.15, 0.2) is 0 Å². The summed E-state index contributed by atoms with van der Waals surface area (Å²) in [5.41, 5.74) is 5.19. The molecule has 5 nitrogen and oxygen atoms in total. The Balaban J connectivity index is 1.98. The number of likely N-dealkylation sites (tertiary alicyclic amines) is 1. The van der Waals surface area contributed by atoms with Crippen LogP contribution in [0.2, 0.25) is 0 Å². The molecule has 2 heterocycles. The lowest BCUT2D eigenvalue weighted by atomic mass is 10.1. The van der Waals surface area contributed by atoms with E-state index in [1.807, 2.05) is 6.92 Å². The zero-order chi connectivity index (χ0) is 9.42. The van der Waals surface area contributed by atoms with Crippen LogP contribution >= 0.6 is 0 Å². The lowest BCUT2D eigenvalue weighted by molar-refractivity contribution is -0.0350. The van der Waals surface area contributed by atoms with Crippen molar-refractivity contribution in [2.24, 2.45) is 5.73 Å². The van der Waals surface area contributed by atoms with Crippen LogP contribution in [-0.4, -0.2) is 48.8 Å². The molecule has 0 aromatic rings. The van der Waals surface area contributed by atoms with Crippen molar-refractivity contribution in [3.8, 4) is 0 Å². The minimum atomic E-state index is -0.354. The first-order chi connectivity index (χ1) is 6.16. The molecular formula is C8H15N3O2. The summed E-state index contributed by atoms with van der Waals surface area (Å²) < 4.78 is 5.68. The van der Waals surface area contributed by atoms with Crippen LogP contribution in [0.3, 0.4) is 0 Å². The zero-order valence-electron chi connectivity index (χ0n) is 7.69. The molecular weight excluding hydrogens is 170 g/mol. The van der Waals surface area contributed by atoms with Gasteiger partial charge in [-0.15, -0.1) is 0 Å². The van der Waals surface area contributed by atoms with Crippen molar-refractivity contribution in [1.29, 1.82) is 0 Å². The third-order valence-corrected chi connectivity index (χ3v) is 2.65. The van der Waals surface area contributed by atoms with E-state index >= 15 is 0 Å². The first kappa shape index (κ1) is 8.77. The first-order valence-corrected chi connectivity index (χ1v) is 4.60. The van der Waals surface area contributed by atoms with Gasteiger partial charge in [0, 0.05) is 13.1 Å². The monoisotopic (exact) mass is 185 g/mol. The molecule has 2 rings (SSSR count). The second-order valence-corrected chi connectivity index (χ2v) is 3.74. The number of fused-ring (bicyclic) bond motifs is 1. The average molecular weight is 185 g/mol. The van der Waals surface area contributed by atoms with Crippen molar-refractivity contribution < 1.29 is 9.53 Å². The standard InChI is InChI=1S/C8H15N3O2/c1-5-2-10-6-3-11(8(9)12)4-7(6)13-5/h5-7,10H,2-4H2,1H3,(H2,9,12). The summed E-state index contributed by atoms with van der Waals surface area (Å²) in [4.78, 5) is 12.5. The molecule has 74 valence electrons. The fourth-order valence-corrected chi connectivity index (χ4v) is 1.95. The Labute approximate surface area is 77.2 Å². The van der Waals surface area contributed by atoms with Crippen LogP contribution in [-0.2, 0) is 4.74 Å². The second kappa shape index (κ2) is 3.16. The average Bonchev–Trinajstić information content (AvgIpc) is 2.46. The lowest BCUT2D eigenvalue weighted by Crippen LogP contribution is -2.50. The molecule has 0 aromatic heterocycles. The predicted octanol–water partition coefficient (Wildman–Crippen LogP) is -0.874. The maximum atomic E-state index is 10.9. The van der Waals surface area contributed by atoms with E-state index in [2.05, 4.69) is 5.32 Å². The summed E-state index contributed by atoms with van der Waals surface area (Å²) in [6, 6.07) is -0.0869. The highest BCUT2D eigenvalue weighted by Gasteiger charge is 2.38. The van der Waals surface area contributed by atoms with Gasteiger partial charge in [0.25, 0.3) is 0 Å². The third-order valence-electron chi connectivity index (χ3n) is 2.65. The minimum absolute atomic E-state index is 0.122. The van der Waals surface area contributed by atoms with Crippen LogP contribution in [0.5, 0.6) is 0 Å². The van der Waals surface area contributed by atoms with Crippen LogP contribution in [0.15, 0.2) is 0 Å². The molecule has 0 radical (unpaired) electrons. The minimum Gasteiger partial charge on any atom is -0.370 e. The summed E-state index contributed by atoms with van der Waals surface area (Å²) in [6.07, 6.45) is 0.352. The quantitative estimate of drug-likeness (QED) is 0.515. The molecule has 2 aliphatic rings. The number of rotatable bonds is 0. The van der Waals surface area contributed by atoms with Gasteiger partial charge in [-0.05, 0) is 6.92 Å². The maximum Gasteiger partial charge on any atom is 0.314 e. The zero-order valence-corrected chi connectivity index (χ0v) is 7.69. The molecule has 0 bridgehead atoms. The van der Waals surface area contributed by atoms with Gasteiger partial charge >= 0.3 is 6.03 Å². The van der Waals surface area contributed by atoms with Gasteiger partial charge in [-0.2, -0.15) is 0 Å². The van der Waals surface area contributed by atoms with Crippen LogP contribution in [0.1, 0.15) is 6.92 Å². The summed E-state index contributed by atoms with van der Waals surface area (Å²) in [6.45, 7) is 4.17. The van der Waals surface area contributed by atoms with E-state index in [9.17, 15) is 4.79 Å². The predicted molar refractivity (Wildman–Crippen MR) is 47.3 cm³/mol. The lowest BCUT2D eigenvalue weighted by Gasteiger charge is -2.30. The number of urea groups is 1. The molecule has 0 spiro atoms. The number of carbonyl (C=O) groups excluding carboxylic acids is 1. The van der Waals surface area contributed by atoms with E-state index in [4.69, 9.17) is 10.5 Å². The highest BCUT2D eigenvalue weighted by molar-refractivity contribution is 5.72. The third kappa shape index (κ3) is 1.62. The Morgan fingerprint density at radius 1 is 1.62 bits per heavy atom. The summed E-state index contributed by atoms with van der Waals surface area (Å²) in [7, 11) is 0. The summed E-state index contributed by atoms with van der Waals surface area (Å²) >= 11 is 0. The number of ether oxygens (including phenoxy) is 1. The largest absolute Gasteiger partial charge is 0.370 e. The van der Waals surface area contributed by atoms with Gasteiger partial charge in [-0.1, -0.05) is 0 Å². The highest BCUT2D eigenvalue weighted by atomic mass is 16.5. The molecule has 2 saturated heterocycles. The number of carbonyl (C=O) groups is 1. The summed E-state index contributed by atoms with van der Waals surface area (Å²) in [5, 5.41) is 3.34. The van der Waals surface area contributed by atoms with E-state index in [0.717, 1.165) is 6.54 Å². The van der Waals surface area contributed by atoms with Gasteiger partial charge in [0.2, 0.25) is 0 Å². The Hall–Kier alpha value is -0.810. The van der Waals surface area contributed by atoms with E-state index in [1.165, 1.54) is 0 Å². The molecule has 13 heavy (non-hydrogen) atoms. The molecule has 3 atom stereocenters. The fourth-order valence-electron chi connectivity index (χ4n) is 1.95. The maximum absolute atomic E-state index is 10.9. The summed E-state index contributed by atoms with van der Waals surface area (Å²) in [5.74, 6) is 0. The van der Waals surface area contributed by atoms with Gasteiger partial charge < -0.3 is 20.7 Å². The van der Waals surface area contributed by atoms with Crippen molar-refractivity contribution in [2.45, 2.75) is 25.2 Å². The Morgan fingerprint density at radius 3 is 3.08 bits per heavy atom. The Bertz CT molecular complexity index is 221. The molecule has 2 fully saturated rings. The normalized spacial score (nSPS) is 38.8. The molecule has 2 amide bonds. The number of primary amides is 1. The molecule has 5 heteroatoms. The Morgan fingerprint density at radius 2 is 2.38 bits per heavy atom. The van der Waals surface area contributed by atoms with Crippen LogP contribution in [0.25, 0.3) is 0 Å². The number of morpholine rings is 1. The topological polar surface area (TPSA) is 67.6 Å². The van der Waals surface area contributed by atoms with Gasteiger partial charge in [-0.3, -0.25) is 0 Å². The molecule has 0 saturated carbocycles. The Kier molecular flexibility index (Phi) is 2.13. The van der Waals surface area contributed by atoms with E-state index in [0.29, 0.717) is 13.1 Å². The number of hydrogen-bond acceptors (Lipinski definition) is 3. The fraction of sp³-hybridized carbons (Fsp3) is 0.875. The van der Waals surface area contributed by atoms with Crippen LogP contribution < -0.4 is 11.1 Å². The number of amides is 2. The van der Waals surface area contributed by atoms with Gasteiger partial charge in [0.05, 0.1) is 24.8 Å². The van der Waals surface area contributed by atoms with Gasteiger partial charge in [-0.25, -0.2) is 4.79 Å². The first-order valence-electron chi connectivity index (χ1n) is 4.60. The SMILES string of the molecule is CC1CNC2CN(C(N)=O)CC2O1. The number of nitrogens with one attached hydrogen (secondary N) is 1. The van der Waals surface area contributed by atoms with Crippen molar-refractivity contribution in [3.63, 3.8) is 0 Å². The van der Waals surface area contributed by atoms with Crippen molar-refractivity contribution >= 4 is 6.03 Å².